The van der Waals surface area contributed by atoms with Gasteiger partial charge in [0.05, 0.1) is 6.10 Å². The molecule has 0 radical (unpaired) electrons. The van der Waals surface area contributed by atoms with E-state index in [-0.39, 0.29) is 11.9 Å². The highest BCUT2D eigenvalue weighted by Crippen LogP contribution is 2.21. The Morgan fingerprint density at radius 3 is 2.48 bits per heavy atom. The highest BCUT2D eigenvalue weighted by molar-refractivity contribution is 5.61. The van der Waals surface area contributed by atoms with Gasteiger partial charge in [-0.1, -0.05) is 48.5 Å². The first-order valence-electron chi connectivity index (χ1n) is 10.1. The fourth-order valence-electron chi connectivity index (χ4n) is 3.39. The number of nitrogens with zero attached hydrogens (tertiary/aromatic N) is 2. The molecule has 0 saturated carbocycles. The van der Waals surface area contributed by atoms with Crippen molar-refractivity contribution in [3.05, 3.63) is 72.0 Å². The number of halogens is 1. The Bertz CT molecular complexity index is 929. The average Bonchev–Trinajstić information content (AvgIpc) is 3.28. The minimum Gasteiger partial charge on any atom is -0.376 e. The van der Waals surface area contributed by atoms with Crippen molar-refractivity contribution in [1.29, 1.82) is 0 Å². The Kier molecular flexibility index (Phi) is 6.32. The smallest absolute Gasteiger partial charge is 0.163 e. The standard InChI is InChI=1S/C23H25FN4O/c24-20-11-5-4-7-17(20)12-13-25-21-15-22(26-16-19-10-6-14-29-19)28-23(27-21)18-8-2-1-3-9-18/h1-5,7-9,11,15,19H,6,10,12-14,16H2,(H2,25,26,27,28). The number of nitrogens with one attached hydrogen (secondary N) is 2. The predicted octanol–water partition coefficient (Wildman–Crippen LogP) is 4.53. The van der Waals surface area contributed by atoms with Crippen LogP contribution in [0.3, 0.4) is 0 Å². The number of ether oxygens (including phenoxy) is 1. The minimum absolute atomic E-state index is 0.180. The molecule has 1 aliphatic rings. The zero-order chi connectivity index (χ0) is 19.9. The van der Waals surface area contributed by atoms with Crippen molar-refractivity contribution >= 4 is 11.6 Å². The summed E-state index contributed by atoms with van der Waals surface area (Å²) in [7, 11) is 0. The van der Waals surface area contributed by atoms with Gasteiger partial charge in [-0.05, 0) is 30.9 Å². The van der Waals surface area contributed by atoms with Crippen LogP contribution in [0.25, 0.3) is 11.4 Å². The summed E-state index contributed by atoms with van der Waals surface area (Å²) in [6.45, 7) is 2.13. The van der Waals surface area contributed by atoms with E-state index in [9.17, 15) is 4.39 Å². The fraction of sp³-hybridized carbons (Fsp3) is 0.304. The van der Waals surface area contributed by atoms with E-state index in [1.54, 1.807) is 12.1 Å². The first-order chi connectivity index (χ1) is 14.3. The quantitative estimate of drug-likeness (QED) is 0.590. The molecule has 1 aromatic heterocycles. The van der Waals surface area contributed by atoms with Gasteiger partial charge in [0.1, 0.15) is 17.5 Å². The monoisotopic (exact) mass is 392 g/mol. The lowest BCUT2D eigenvalue weighted by atomic mass is 10.1. The highest BCUT2D eigenvalue weighted by Gasteiger charge is 2.16. The van der Waals surface area contributed by atoms with Crippen molar-refractivity contribution in [2.75, 3.05) is 30.3 Å². The van der Waals surface area contributed by atoms with Crippen molar-refractivity contribution in [3.8, 4) is 11.4 Å². The van der Waals surface area contributed by atoms with Gasteiger partial charge >= 0.3 is 0 Å². The lowest BCUT2D eigenvalue weighted by molar-refractivity contribution is 0.120. The molecule has 1 saturated heterocycles. The predicted molar refractivity (Wildman–Crippen MR) is 114 cm³/mol. The van der Waals surface area contributed by atoms with Gasteiger partial charge in [0.15, 0.2) is 5.82 Å². The van der Waals surface area contributed by atoms with E-state index in [0.717, 1.165) is 37.4 Å². The van der Waals surface area contributed by atoms with Gasteiger partial charge < -0.3 is 15.4 Å². The largest absolute Gasteiger partial charge is 0.376 e. The molecular weight excluding hydrogens is 367 g/mol. The van der Waals surface area contributed by atoms with Crippen LogP contribution in [-0.4, -0.2) is 35.8 Å². The Morgan fingerprint density at radius 1 is 0.966 bits per heavy atom. The van der Waals surface area contributed by atoms with E-state index in [1.165, 1.54) is 6.07 Å². The summed E-state index contributed by atoms with van der Waals surface area (Å²) in [5.41, 5.74) is 1.64. The Morgan fingerprint density at radius 2 is 1.72 bits per heavy atom. The third kappa shape index (κ3) is 5.29. The van der Waals surface area contributed by atoms with E-state index < -0.39 is 0 Å². The summed E-state index contributed by atoms with van der Waals surface area (Å²) < 4.78 is 19.5. The molecule has 6 heteroatoms. The molecule has 29 heavy (non-hydrogen) atoms. The van der Waals surface area contributed by atoms with E-state index >= 15 is 0 Å². The topological polar surface area (TPSA) is 59.1 Å². The van der Waals surface area contributed by atoms with E-state index in [0.29, 0.717) is 30.2 Å². The number of aromatic nitrogens is 2. The maximum Gasteiger partial charge on any atom is 0.163 e. The van der Waals surface area contributed by atoms with Crippen molar-refractivity contribution < 1.29 is 9.13 Å². The molecule has 1 fully saturated rings. The zero-order valence-electron chi connectivity index (χ0n) is 16.3. The Balaban J connectivity index is 1.48. The van der Waals surface area contributed by atoms with E-state index in [4.69, 9.17) is 4.74 Å². The van der Waals surface area contributed by atoms with Crippen LogP contribution in [0.5, 0.6) is 0 Å². The van der Waals surface area contributed by atoms with Gasteiger partial charge in [-0.2, -0.15) is 0 Å². The SMILES string of the molecule is Fc1ccccc1CCNc1cc(NCC2CCCO2)nc(-c2ccccc2)n1. The van der Waals surface area contributed by atoms with Gasteiger partial charge in [0, 0.05) is 31.3 Å². The zero-order valence-corrected chi connectivity index (χ0v) is 16.3. The van der Waals surface area contributed by atoms with Crippen LogP contribution in [0, 0.1) is 5.82 Å². The van der Waals surface area contributed by atoms with Crippen LogP contribution < -0.4 is 10.6 Å². The minimum atomic E-state index is -0.180. The molecule has 0 aliphatic carbocycles. The van der Waals surface area contributed by atoms with Crippen LogP contribution >= 0.6 is 0 Å². The van der Waals surface area contributed by atoms with Gasteiger partial charge in [-0.3, -0.25) is 0 Å². The average molecular weight is 392 g/mol. The number of benzene rings is 2. The van der Waals surface area contributed by atoms with Crippen LogP contribution in [0.1, 0.15) is 18.4 Å². The number of rotatable bonds is 8. The molecule has 4 rings (SSSR count). The number of hydrogen-bond acceptors (Lipinski definition) is 5. The van der Waals surface area contributed by atoms with Crippen molar-refractivity contribution in [2.24, 2.45) is 0 Å². The second kappa shape index (κ2) is 9.47. The summed E-state index contributed by atoms with van der Waals surface area (Å²) >= 11 is 0. The molecule has 2 N–H and O–H groups in total. The molecular formula is C23H25FN4O. The Labute approximate surface area is 170 Å². The van der Waals surface area contributed by atoms with Gasteiger partial charge in [-0.15, -0.1) is 0 Å². The normalized spacial score (nSPS) is 16.0. The highest BCUT2D eigenvalue weighted by atomic mass is 19.1. The summed E-state index contributed by atoms with van der Waals surface area (Å²) in [4.78, 5) is 9.32. The first-order valence-corrected chi connectivity index (χ1v) is 10.1. The first kappa shape index (κ1) is 19.3. The lowest BCUT2D eigenvalue weighted by Gasteiger charge is -2.14. The van der Waals surface area contributed by atoms with Crippen molar-refractivity contribution in [1.82, 2.24) is 9.97 Å². The molecule has 0 spiro atoms. The molecule has 3 aromatic rings. The second-order valence-corrected chi connectivity index (χ2v) is 7.11. The molecule has 5 nitrogen and oxygen atoms in total. The van der Waals surface area contributed by atoms with Crippen molar-refractivity contribution in [2.45, 2.75) is 25.4 Å². The number of hydrogen-bond donors (Lipinski definition) is 2. The van der Waals surface area contributed by atoms with Gasteiger partial charge in [-0.25, -0.2) is 14.4 Å². The van der Waals surface area contributed by atoms with Crippen LogP contribution in [0.15, 0.2) is 60.7 Å². The number of anilines is 2. The summed E-state index contributed by atoms with van der Waals surface area (Å²) in [5.74, 6) is 1.94. The van der Waals surface area contributed by atoms with Crippen molar-refractivity contribution in [3.63, 3.8) is 0 Å². The van der Waals surface area contributed by atoms with Gasteiger partial charge in [0.2, 0.25) is 0 Å². The molecule has 0 bridgehead atoms. The molecule has 2 aromatic carbocycles. The Hall–Kier alpha value is -2.99. The van der Waals surface area contributed by atoms with Gasteiger partial charge in [0.25, 0.3) is 0 Å². The third-order valence-corrected chi connectivity index (χ3v) is 4.95. The summed E-state index contributed by atoms with van der Waals surface area (Å²) in [6.07, 6.45) is 2.98. The second-order valence-electron chi connectivity index (χ2n) is 7.11. The maximum atomic E-state index is 13.8. The molecule has 1 atom stereocenters. The lowest BCUT2D eigenvalue weighted by Crippen LogP contribution is -2.19. The summed E-state index contributed by atoms with van der Waals surface area (Å²) in [6, 6.07) is 18.6. The van der Waals surface area contributed by atoms with E-state index in [1.807, 2.05) is 42.5 Å². The molecule has 1 unspecified atom stereocenters. The van der Waals surface area contributed by atoms with E-state index in [2.05, 4.69) is 20.6 Å². The van der Waals surface area contributed by atoms with Crippen LogP contribution in [-0.2, 0) is 11.2 Å². The third-order valence-electron chi connectivity index (χ3n) is 4.95. The maximum absolute atomic E-state index is 13.8. The molecule has 2 heterocycles. The van der Waals surface area contributed by atoms with Crippen LogP contribution in [0.4, 0.5) is 16.0 Å². The molecule has 1 aliphatic heterocycles. The molecule has 150 valence electrons. The fourth-order valence-corrected chi connectivity index (χ4v) is 3.39. The summed E-state index contributed by atoms with van der Waals surface area (Å²) in [5, 5.41) is 6.69. The molecule has 0 amide bonds. The van der Waals surface area contributed by atoms with Crippen LogP contribution in [0.2, 0.25) is 0 Å².